The Labute approximate surface area is 184 Å². The van der Waals surface area contributed by atoms with E-state index in [9.17, 15) is 4.79 Å². The summed E-state index contributed by atoms with van der Waals surface area (Å²) in [6.07, 6.45) is 2.63. The highest BCUT2D eigenvalue weighted by atomic mass is 35.5. The molecule has 30 heavy (non-hydrogen) atoms. The second-order valence-electron chi connectivity index (χ2n) is 7.57. The standard InChI is InChI=1S/C24H31ClN2O3/c1-3-29-22-15-19(16-26-11-7-13-27-12-6-10-23(27)28)14-21(25)24(22)30-17-20-9-5-4-8-18(20)2/h4-5,8-9,14-15,26H,3,6-7,10-13,16-17H2,1-2H3. The van der Waals surface area contributed by atoms with Gasteiger partial charge in [-0.3, -0.25) is 4.79 Å². The van der Waals surface area contributed by atoms with E-state index in [1.54, 1.807) is 0 Å². The largest absolute Gasteiger partial charge is 0.490 e. The molecule has 0 aliphatic carbocycles. The lowest BCUT2D eigenvalue weighted by atomic mass is 10.1. The number of rotatable bonds is 11. The van der Waals surface area contributed by atoms with Gasteiger partial charge < -0.3 is 19.7 Å². The molecule has 1 saturated heterocycles. The number of carbonyl (C=O) groups excluding carboxylic acids is 1. The molecule has 1 aliphatic rings. The van der Waals surface area contributed by atoms with Gasteiger partial charge in [0.15, 0.2) is 11.5 Å². The fourth-order valence-corrected chi connectivity index (χ4v) is 3.90. The lowest BCUT2D eigenvalue weighted by Gasteiger charge is -2.17. The number of halogens is 1. The number of carbonyl (C=O) groups is 1. The molecule has 1 amide bonds. The van der Waals surface area contributed by atoms with Crippen molar-refractivity contribution >= 4 is 17.5 Å². The zero-order valence-electron chi connectivity index (χ0n) is 17.9. The predicted octanol–water partition coefficient (Wildman–Crippen LogP) is 4.73. The summed E-state index contributed by atoms with van der Waals surface area (Å²) >= 11 is 6.54. The van der Waals surface area contributed by atoms with Crippen molar-refractivity contribution in [2.75, 3.05) is 26.2 Å². The molecule has 2 aromatic rings. The summed E-state index contributed by atoms with van der Waals surface area (Å²) in [5.74, 6) is 1.53. The average Bonchev–Trinajstić information content (AvgIpc) is 3.13. The van der Waals surface area contributed by atoms with Crippen molar-refractivity contribution in [2.45, 2.75) is 46.3 Å². The molecule has 3 rings (SSSR count). The topological polar surface area (TPSA) is 50.8 Å². The average molecular weight is 431 g/mol. The van der Waals surface area contributed by atoms with Crippen LogP contribution in [0.5, 0.6) is 11.5 Å². The van der Waals surface area contributed by atoms with E-state index in [0.29, 0.717) is 42.7 Å². The van der Waals surface area contributed by atoms with E-state index in [1.807, 2.05) is 36.1 Å². The first-order valence-corrected chi connectivity index (χ1v) is 11.1. The van der Waals surface area contributed by atoms with Crippen LogP contribution in [0, 0.1) is 6.92 Å². The third-order valence-corrected chi connectivity index (χ3v) is 5.57. The Bertz CT molecular complexity index is 856. The lowest BCUT2D eigenvalue weighted by Crippen LogP contribution is -2.28. The Balaban J connectivity index is 1.55. The molecule has 1 N–H and O–H groups in total. The summed E-state index contributed by atoms with van der Waals surface area (Å²) in [5, 5.41) is 3.98. The molecule has 0 saturated carbocycles. The van der Waals surface area contributed by atoms with Crippen LogP contribution in [-0.2, 0) is 17.9 Å². The first-order valence-electron chi connectivity index (χ1n) is 10.7. The van der Waals surface area contributed by atoms with Crippen molar-refractivity contribution in [3.8, 4) is 11.5 Å². The van der Waals surface area contributed by atoms with Gasteiger partial charge >= 0.3 is 0 Å². The highest BCUT2D eigenvalue weighted by Crippen LogP contribution is 2.37. The number of nitrogens with zero attached hydrogens (tertiary/aromatic N) is 1. The monoisotopic (exact) mass is 430 g/mol. The van der Waals surface area contributed by atoms with E-state index < -0.39 is 0 Å². The number of benzene rings is 2. The SMILES string of the molecule is CCOc1cc(CNCCCN2CCCC2=O)cc(Cl)c1OCc1ccccc1C. The molecule has 0 radical (unpaired) electrons. The van der Waals surface area contributed by atoms with Crippen molar-refractivity contribution in [3.05, 3.63) is 58.1 Å². The summed E-state index contributed by atoms with van der Waals surface area (Å²) in [7, 11) is 0. The van der Waals surface area contributed by atoms with E-state index in [2.05, 4.69) is 24.4 Å². The number of nitrogens with one attached hydrogen (secondary N) is 1. The van der Waals surface area contributed by atoms with Gasteiger partial charge in [0.25, 0.3) is 0 Å². The van der Waals surface area contributed by atoms with E-state index >= 15 is 0 Å². The third kappa shape index (κ3) is 6.13. The smallest absolute Gasteiger partial charge is 0.222 e. The van der Waals surface area contributed by atoms with Gasteiger partial charge in [-0.15, -0.1) is 0 Å². The first kappa shape index (κ1) is 22.4. The Kier molecular flexibility index (Phi) is 8.40. The van der Waals surface area contributed by atoms with E-state index in [0.717, 1.165) is 43.6 Å². The van der Waals surface area contributed by atoms with Crippen molar-refractivity contribution in [2.24, 2.45) is 0 Å². The van der Waals surface area contributed by atoms with E-state index in [4.69, 9.17) is 21.1 Å². The zero-order valence-corrected chi connectivity index (χ0v) is 18.6. The summed E-state index contributed by atoms with van der Waals surface area (Å²) < 4.78 is 11.8. The molecule has 162 valence electrons. The molecule has 0 atom stereocenters. The summed E-state index contributed by atoms with van der Waals surface area (Å²) in [4.78, 5) is 13.6. The van der Waals surface area contributed by atoms with Crippen LogP contribution in [-0.4, -0.2) is 37.0 Å². The maximum atomic E-state index is 11.7. The molecule has 0 bridgehead atoms. The number of aryl methyl sites for hydroxylation is 1. The van der Waals surface area contributed by atoms with Gasteiger partial charge in [0.2, 0.25) is 5.91 Å². The summed E-state index contributed by atoms with van der Waals surface area (Å²) in [6.45, 7) is 8.25. The van der Waals surface area contributed by atoms with Gasteiger partial charge in [-0.2, -0.15) is 0 Å². The van der Waals surface area contributed by atoms with Gasteiger partial charge in [-0.05, 0) is 62.1 Å². The maximum absolute atomic E-state index is 11.7. The van der Waals surface area contributed by atoms with Crippen molar-refractivity contribution < 1.29 is 14.3 Å². The maximum Gasteiger partial charge on any atom is 0.222 e. The first-order chi connectivity index (χ1) is 14.6. The van der Waals surface area contributed by atoms with Crippen molar-refractivity contribution in [3.63, 3.8) is 0 Å². The second kappa shape index (κ2) is 11.2. The van der Waals surface area contributed by atoms with E-state index in [1.165, 1.54) is 5.56 Å². The quantitative estimate of drug-likeness (QED) is 0.523. The highest BCUT2D eigenvalue weighted by Gasteiger charge is 2.19. The fraction of sp³-hybridized carbons (Fsp3) is 0.458. The third-order valence-electron chi connectivity index (χ3n) is 5.28. The Hall–Kier alpha value is -2.24. The molecular formula is C24H31ClN2O3. The minimum absolute atomic E-state index is 0.282. The summed E-state index contributed by atoms with van der Waals surface area (Å²) in [6, 6.07) is 12.1. The van der Waals surface area contributed by atoms with Crippen LogP contribution in [0.4, 0.5) is 0 Å². The Morgan fingerprint density at radius 1 is 1.20 bits per heavy atom. The lowest BCUT2D eigenvalue weighted by molar-refractivity contribution is -0.127. The van der Waals surface area contributed by atoms with Gasteiger partial charge in [-0.1, -0.05) is 35.9 Å². The minimum Gasteiger partial charge on any atom is -0.490 e. The predicted molar refractivity (Wildman–Crippen MR) is 120 cm³/mol. The number of likely N-dealkylation sites (tertiary alicyclic amines) is 1. The molecule has 5 nitrogen and oxygen atoms in total. The van der Waals surface area contributed by atoms with E-state index in [-0.39, 0.29) is 5.91 Å². The molecule has 0 aromatic heterocycles. The van der Waals surface area contributed by atoms with Crippen LogP contribution in [0.2, 0.25) is 5.02 Å². The van der Waals surface area contributed by atoms with Crippen molar-refractivity contribution in [1.29, 1.82) is 0 Å². The normalized spacial score (nSPS) is 13.7. The zero-order chi connectivity index (χ0) is 21.3. The molecule has 1 aliphatic heterocycles. The van der Waals surface area contributed by atoms with Gasteiger partial charge in [0, 0.05) is 26.1 Å². The van der Waals surface area contributed by atoms with Crippen LogP contribution < -0.4 is 14.8 Å². The fourth-order valence-electron chi connectivity index (χ4n) is 3.62. The molecule has 2 aromatic carbocycles. The second-order valence-corrected chi connectivity index (χ2v) is 7.97. The van der Waals surface area contributed by atoms with Crippen LogP contribution in [0.3, 0.4) is 0 Å². The molecule has 0 spiro atoms. The molecule has 0 unspecified atom stereocenters. The van der Waals surface area contributed by atoms with Crippen LogP contribution >= 0.6 is 11.6 Å². The minimum atomic E-state index is 0.282. The van der Waals surface area contributed by atoms with Gasteiger partial charge in [-0.25, -0.2) is 0 Å². The number of ether oxygens (including phenoxy) is 2. The number of amides is 1. The van der Waals surface area contributed by atoms with Crippen LogP contribution in [0.1, 0.15) is 42.9 Å². The Morgan fingerprint density at radius 3 is 2.77 bits per heavy atom. The number of hydrogen-bond acceptors (Lipinski definition) is 4. The highest BCUT2D eigenvalue weighted by molar-refractivity contribution is 6.32. The van der Waals surface area contributed by atoms with Gasteiger partial charge in [0.1, 0.15) is 6.61 Å². The van der Waals surface area contributed by atoms with Crippen molar-refractivity contribution in [1.82, 2.24) is 10.2 Å². The number of hydrogen-bond donors (Lipinski definition) is 1. The Morgan fingerprint density at radius 2 is 2.03 bits per heavy atom. The molecule has 1 heterocycles. The van der Waals surface area contributed by atoms with Gasteiger partial charge in [0.05, 0.1) is 11.6 Å². The molecule has 1 fully saturated rings. The molecular weight excluding hydrogens is 400 g/mol. The summed E-state index contributed by atoms with van der Waals surface area (Å²) in [5.41, 5.74) is 3.35. The molecule has 6 heteroatoms. The van der Waals surface area contributed by atoms with Crippen LogP contribution in [0.15, 0.2) is 36.4 Å². The van der Waals surface area contributed by atoms with Crippen LogP contribution in [0.25, 0.3) is 0 Å².